The van der Waals surface area contributed by atoms with Crippen LogP contribution in [0.5, 0.6) is 0 Å². The molecule has 0 radical (unpaired) electrons. The highest BCUT2D eigenvalue weighted by Crippen LogP contribution is 2.30. The fourth-order valence-electron chi connectivity index (χ4n) is 4.19. The van der Waals surface area contributed by atoms with Crippen LogP contribution in [0.3, 0.4) is 0 Å². The quantitative estimate of drug-likeness (QED) is 0.143. The summed E-state index contributed by atoms with van der Waals surface area (Å²) in [4.78, 5) is 56.9. The van der Waals surface area contributed by atoms with E-state index in [-0.39, 0.29) is 28.8 Å². The lowest BCUT2D eigenvalue weighted by molar-refractivity contribution is -0.119. The number of halogens is 2. The first-order valence-electron chi connectivity index (χ1n) is 13.9. The van der Waals surface area contributed by atoms with E-state index in [1.807, 2.05) is 31.2 Å². The Bertz CT molecular complexity index is 1830. The predicted octanol–water partition coefficient (Wildman–Crippen LogP) is 7.21. The van der Waals surface area contributed by atoms with Gasteiger partial charge < -0.3 is 15.4 Å². The Morgan fingerprint density at radius 3 is 1.96 bits per heavy atom. The van der Waals surface area contributed by atoms with Gasteiger partial charge in [0.15, 0.2) is 11.8 Å². The Morgan fingerprint density at radius 1 is 0.804 bits per heavy atom. The highest BCUT2D eigenvalue weighted by molar-refractivity contribution is 8.14. The van der Waals surface area contributed by atoms with Crippen molar-refractivity contribution in [3.63, 3.8) is 0 Å². The van der Waals surface area contributed by atoms with E-state index in [1.54, 1.807) is 66.7 Å². The summed E-state index contributed by atoms with van der Waals surface area (Å²) in [6.07, 6.45) is 1.60. The summed E-state index contributed by atoms with van der Waals surface area (Å²) >= 11 is 12.9. The number of esters is 1. The lowest BCUT2D eigenvalue weighted by Crippen LogP contribution is -2.31. The molecule has 0 spiro atoms. The van der Waals surface area contributed by atoms with E-state index >= 15 is 0 Å². The molecule has 3 amide bonds. The third kappa shape index (κ3) is 8.63. The van der Waals surface area contributed by atoms with Gasteiger partial charge in [-0.2, -0.15) is 0 Å². The SMILES string of the molecule is Cc1ccc(N2C(=O)C(=Cc3ccc(C(=O)OCC(=O)Nc4ccc(Cl)cc4)cc3)N=C2SCC(=O)Nc2ccc(Cl)cc2)cc1. The summed E-state index contributed by atoms with van der Waals surface area (Å²) in [5, 5.41) is 6.87. The van der Waals surface area contributed by atoms with Crippen molar-refractivity contribution in [2.45, 2.75) is 6.92 Å². The Hall–Kier alpha value is -4.90. The highest BCUT2D eigenvalue weighted by Gasteiger charge is 2.32. The molecule has 232 valence electrons. The minimum atomic E-state index is -0.679. The summed E-state index contributed by atoms with van der Waals surface area (Å²) in [5.41, 5.74) is 3.77. The van der Waals surface area contributed by atoms with Crippen LogP contribution < -0.4 is 15.5 Å². The van der Waals surface area contributed by atoms with Crippen molar-refractivity contribution in [1.29, 1.82) is 0 Å². The molecule has 0 fully saturated rings. The van der Waals surface area contributed by atoms with Crippen molar-refractivity contribution >= 4 is 87.0 Å². The molecule has 0 atom stereocenters. The summed E-state index contributed by atoms with van der Waals surface area (Å²) in [7, 11) is 0. The third-order valence-corrected chi connectivity index (χ3v) is 7.94. The van der Waals surface area contributed by atoms with Crippen molar-refractivity contribution in [2.24, 2.45) is 4.99 Å². The molecule has 0 bridgehead atoms. The van der Waals surface area contributed by atoms with Crippen molar-refractivity contribution in [3.05, 3.63) is 129 Å². The Morgan fingerprint density at radius 2 is 1.37 bits per heavy atom. The molecule has 1 heterocycles. The molecule has 5 rings (SSSR count). The second-order valence-corrected chi connectivity index (χ2v) is 11.8. The molecule has 0 saturated carbocycles. The van der Waals surface area contributed by atoms with Gasteiger partial charge in [0, 0.05) is 21.4 Å². The first-order chi connectivity index (χ1) is 22.1. The van der Waals surface area contributed by atoms with Crippen molar-refractivity contribution < 1.29 is 23.9 Å². The maximum atomic E-state index is 13.5. The zero-order valence-electron chi connectivity index (χ0n) is 24.3. The van der Waals surface area contributed by atoms with Gasteiger partial charge in [-0.3, -0.25) is 19.3 Å². The number of rotatable bonds is 9. The van der Waals surface area contributed by atoms with E-state index in [9.17, 15) is 19.2 Å². The maximum Gasteiger partial charge on any atom is 0.338 e. The van der Waals surface area contributed by atoms with Crippen LogP contribution in [-0.2, 0) is 19.1 Å². The van der Waals surface area contributed by atoms with Gasteiger partial charge >= 0.3 is 5.97 Å². The van der Waals surface area contributed by atoms with Crippen LogP contribution in [0.4, 0.5) is 17.1 Å². The van der Waals surface area contributed by atoms with Crippen molar-refractivity contribution in [1.82, 2.24) is 0 Å². The van der Waals surface area contributed by atoms with E-state index in [0.29, 0.717) is 37.8 Å². The van der Waals surface area contributed by atoms with Gasteiger partial charge in [0.25, 0.3) is 11.8 Å². The number of hydrogen-bond donors (Lipinski definition) is 2. The van der Waals surface area contributed by atoms with Crippen LogP contribution in [0, 0.1) is 6.92 Å². The zero-order valence-corrected chi connectivity index (χ0v) is 26.7. The molecule has 12 heteroatoms. The van der Waals surface area contributed by atoms with Crippen molar-refractivity contribution in [2.75, 3.05) is 27.9 Å². The van der Waals surface area contributed by atoms with Crippen LogP contribution >= 0.6 is 35.0 Å². The molecular formula is C34H26Cl2N4O5S. The number of aliphatic imine (C=N–C) groups is 1. The fraction of sp³-hybridized carbons (Fsp3) is 0.0882. The molecular weight excluding hydrogens is 647 g/mol. The van der Waals surface area contributed by atoms with E-state index in [4.69, 9.17) is 27.9 Å². The van der Waals surface area contributed by atoms with Crippen LogP contribution in [0.25, 0.3) is 6.08 Å². The van der Waals surface area contributed by atoms with E-state index < -0.39 is 18.5 Å². The number of thioether (sulfide) groups is 1. The second kappa shape index (κ2) is 14.9. The monoisotopic (exact) mass is 672 g/mol. The molecule has 4 aromatic rings. The molecule has 2 N–H and O–H groups in total. The van der Waals surface area contributed by atoms with Gasteiger partial charge in [-0.1, -0.05) is 64.8 Å². The summed E-state index contributed by atoms with van der Waals surface area (Å²) in [5.74, 6) is -1.79. The minimum absolute atomic E-state index is 0.0128. The number of carbonyl (C=O) groups is 4. The third-order valence-electron chi connectivity index (χ3n) is 6.49. The Labute approximate surface area is 279 Å². The first kappa shape index (κ1) is 32.5. The zero-order chi connectivity index (χ0) is 32.6. The molecule has 0 unspecified atom stereocenters. The number of ether oxygens (including phenoxy) is 1. The topological polar surface area (TPSA) is 117 Å². The minimum Gasteiger partial charge on any atom is -0.452 e. The van der Waals surface area contributed by atoms with Crippen LogP contribution in [-0.4, -0.2) is 41.2 Å². The molecule has 9 nitrogen and oxygen atoms in total. The number of carbonyl (C=O) groups excluding carboxylic acids is 4. The number of aryl methyl sites for hydroxylation is 1. The number of benzene rings is 4. The number of amidine groups is 1. The standard InChI is InChI=1S/C34H26Cl2N4O5S/c1-21-2-16-28(17-3-21)40-32(43)29(39-34(40)46-20-31(42)38-27-14-10-25(36)11-15-27)18-22-4-6-23(7-5-22)33(44)45-19-30(41)37-26-12-8-24(35)9-13-26/h2-18H,19-20H2,1H3,(H,37,41)(H,38,42). The van der Waals surface area contributed by atoms with Gasteiger partial charge in [0.2, 0.25) is 5.91 Å². The number of amides is 3. The van der Waals surface area contributed by atoms with Gasteiger partial charge in [0.05, 0.1) is 17.0 Å². The number of nitrogens with one attached hydrogen (secondary N) is 2. The average Bonchev–Trinajstić information content (AvgIpc) is 3.36. The van der Waals surface area contributed by atoms with Crippen molar-refractivity contribution in [3.8, 4) is 0 Å². The summed E-state index contributed by atoms with van der Waals surface area (Å²) in [6.45, 7) is 1.48. The van der Waals surface area contributed by atoms with Gasteiger partial charge in [0.1, 0.15) is 5.70 Å². The van der Waals surface area contributed by atoms with E-state index in [2.05, 4.69) is 15.6 Å². The molecule has 4 aromatic carbocycles. The molecule has 0 saturated heterocycles. The molecule has 0 aromatic heterocycles. The number of hydrogen-bond acceptors (Lipinski definition) is 7. The second-order valence-electron chi connectivity index (χ2n) is 10.00. The lowest BCUT2D eigenvalue weighted by atomic mass is 10.1. The van der Waals surface area contributed by atoms with Crippen LogP contribution in [0.15, 0.2) is 108 Å². The lowest BCUT2D eigenvalue weighted by Gasteiger charge is -2.18. The van der Waals surface area contributed by atoms with Crippen LogP contribution in [0.1, 0.15) is 21.5 Å². The Kier molecular flexibility index (Phi) is 10.5. The normalized spacial score (nSPS) is 13.4. The van der Waals surface area contributed by atoms with Crippen LogP contribution in [0.2, 0.25) is 10.0 Å². The Balaban J connectivity index is 1.25. The fourth-order valence-corrected chi connectivity index (χ4v) is 5.26. The summed E-state index contributed by atoms with van der Waals surface area (Å²) in [6, 6.07) is 27.0. The first-order valence-corrected chi connectivity index (χ1v) is 15.6. The average molecular weight is 674 g/mol. The molecule has 1 aliphatic heterocycles. The van der Waals surface area contributed by atoms with Gasteiger partial charge in [-0.05, 0) is 91.4 Å². The molecule has 0 aliphatic carbocycles. The van der Waals surface area contributed by atoms with Gasteiger partial charge in [-0.15, -0.1) is 0 Å². The van der Waals surface area contributed by atoms with E-state index in [1.165, 1.54) is 17.0 Å². The largest absolute Gasteiger partial charge is 0.452 e. The predicted molar refractivity (Wildman–Crippen MR) is 183 cm³/mol. The maximum absolute atomic E-state index is 13.5. The van der Waals surface area contributed by atoms with Gasteiger partial charge in [-0.25, -0.2) is 9.79 Å². The summed E-state index contributed by atoms with van der Waals surface area (Å²) < 4.78 is 5.13. The number of anilines is 3. The highest BCUT2D eigenvalue weighted by atomic mass is 35.5. The molecule has 1 aliphatic rings. The number of nitrogens with zero attached hydrogens (tertiary/aromatic N) is 2. The molecule has 46 heavy (non-hydrogen) atoms. The van der Waals surface area contributed by atoms with E-state index in [0.717, 1.165) is 17.3 Å². The smallest absolute Gasteiger partial charge is 0.338 e.